The van der Waals surface area contributed by atoms with E-state index in [-0.39, 0.29) is 0 Å². The molecule has 2 aromatic rings. The van der Waals surface area contributed by atoms with Gasteiger partial charge in [0, 0.05) is 36.1 Å². The lowest BCUT2D eigenvalue weighted by molar-refractivity contribution is 0.641. The van der Waals surface area contributed by atoms with Crippen molar-refractivity contribution in [3.05, 3.63) is 34.5 Å². The Labute approximate surface area is 89.7 Å². The van der Waals surface area contributed by atoms with Crippen molar-refractivity contribution in [2.45, 2.75) is 26.8 Å². The van der Waals surface area contributed by atoms with E-state index in [0.29, 0.717) is 0 Å². The van der Waals surface area contributed by atoms with Crippen LogP contribution in [-0.2, 0) is 13.0 Å². The fourth-order valence-corrected chi connectivity index (χ4v) is 2.46. The third-order valence-electron chi connectivity index (χ3n) is 3.55. The molecule has 0 spiro atoms. The van der Waals surface area contributed by atoms with Gasteiger partial charge >= 0.3 is 0 Å². The Morgan fingerprint density at radius 3 is 2.93 bits per heavy atom. The highest BCUT2D eigenvalue weighted by molar-refractivity contribution is 5.88. The molecule has 78 valence electrons. The minimum Gasteiger partial charge on any atom is -0.358 e. The predicted molar refractivity (Wildman–Crippen MR) is 63.2 cm³/mol. The van der Waals surface area contributed by atoms with E-state index in [0.717, 1.165) is 19.5 Å². The number of hydrogen-bond donors (Lipinski definition) is 2. The van der Waals surface area contributed by atoms with E-state index in [1.807, 2.05) is 0 Å². The van der Waals surface area contributed by atoms with E-state index in [1.54, 1.807) is 0 Å². The molecule has 0 bridgehead atoms. The Balaban J connectivity index is 2.36. The quantitative estimate of drug-likeness (QED) is 0.671. The molecule has 0 saturated carbocycles. The maximum absolute atomic E-state index is 3.59. The van der Waals surface area contributed by atoms with Crippen LogP contribution in [0, 0.1) is 13.8 Å². The number of nitrogens with one attached hydrogen (secondary N) is 2. The first-order valence-corrected chi connectivity index (χ1v) is 5.57. The van der Waals surface area contributed by atoms with E-state index >= 15 is 0 Å². The number of aromatic amines is 1. The Bertz CT molecular complexity index is 523. The Morgan fingerprint density at radius 2 is 2.07 bits per heavy atom. The zero-order valence-corrected chi connectivity index (χ0v) is 9.28. The summed E-state index contributed by atoms with van der Waals surface area (Å²) in [7, 11) is 0. The van der Waals surface area contributed by atoms with Crippen LogP contribution in [0.25, 0.3) is 10.9 Å². The summed E-state index contributed by atoms with van der Waals surface area (Å²) in [4.78, 5) is 3.59. The van der Waals surface area contributed by atoms with E-state index in [1.165, 1.54) is 33.3 Å². The highest BCUT2D eigenvalue weighted by atomic mass is 14.9. The second kappa shape index (κ2) is 3.11. The topological polar surface area (TPSA) is 27.8 Å². The monoisotopic (exact) mass is 200 g/mol. The fraction of sp³-hybridized carbons (Fsp3) is 0.385. The second-order valence-electron chi connectivity index (χ2n) is 4.44. The minimum absolute atomic E-state index is 1.01. The van der Waals surface area contributed by atoms with Gasteiger partial charge in [-0.2, -0.15) is 0 Å². The Kier molecular flexibility index (Phi) is 1.86. The van der Waals surface area contributed by atoms with Gasteiger partial charge < -0.3 is 10.3 Å². The van der Waals surface area contributed by atoms with Crippen molar-refractivity contribution in [3.63, 3.8) is 0 Å². The predicted octanol–water partition coefficient (Wildman–Crippen LogP) is 2.43. The normalized spacial score (nSPS) is 15.6. The Hall–Kier alpha value is -1.28. The molecular formula is C13H16N2. The first kappa shape index (κ1) is 8.98. The summed E-state index contributed by atoms with van der Waals surface area (Å²) in [6.45, 7) is 6.48. The molecule has 1 aromatic carbocycles. The van der Waals surface area contributed by atoms with Gasteiger partial charge in [0.25, 0.3) is 0 Å². The lowest BCUT2D eigenvalue weighted by Crippen LogP contribution is -2.22. The Morgan fingerprint density at radius 1 is 1.20 bits per heavy atom. The van der Waals surface area contributed by atoms with Crippen LogP contribution in [-0.4, -0.2) is 11.5 Å². The van der Waals surface area contributed by atoms with Crippen LogP contribution in [0.2, 0.25) is 0 Å². The maximum Gasteiger partial charge on any atom is 0.0491 e. The van der Waals surface area contributed by atoms with Crippen molar-refractivity contribution < 1.29 is 0 Å². The first-order valence-electron chi connectivity index (χ1n) is 5.57. The van der Waals surface area contributed by atoms with E-state index in [4.69, 9.17) is 0 Å². The van der Waals surface area contributed by atoms with Gasteiger partial charge in [-0.3, -0.25) is 0 Å². The molecule has 0 saturated heterocycles. The van der Waals surface area contributed by atoms with E-state index in [2.05, 4.69) is 36.3 Å². The molecule has 2 heterocycles. The SMILES string of the molecule is Cc1ccc2c3c([nH]c2c1C)CCNC3. The molecule has 1 aromatic heterocycles. The third kappa shape index (κ3) is 1.21. The molecule has 0 fully saturated rings. The number of H-pyrrole nitrogens is 1. The minimum atomic E-state index is 1.01. The standard InChI is InChI=1S/C13H16N2/c1-8-3-4-10-11-7-14-6-5-12(11)15-13(10)9(8)2/h3-4,14-15H,5-7H2,1-2H3. The summed E-state index contributed by atoms with van der Waals surface area (Å²) in [6.07, 6.45) is 1.13. The van der Waals surface area contributed by atoms with Gasteiger partial charge in [-0.05, 0) is 30.5 Å². The molecule has 0 aliphatic carbocycles. The maximum atomic E-state index is 3.59. The molecule has 2 nitrogen and oxygen atoms in total. The lowest BCUT2D eigenvalue weighted by Gasteiger charge is -2.12. The number of hydrogen-bond acceptors (Lipinski definition) is 1. The number of benzene rings is 1. The van der Waals surface area contributed by atoms with Crippen LogP contribution in [0.15, 0.2) is 12.1 Å². The molecule has 1 aliphatic rings. The molecule has 2 N–H and O–H groups in total. The fourth-order valence-electron chi connectivity index (χ4n) is 2.46. The average molecular weight is 200 g/mol. The highest BCUT2D eigenvalue weighted by Gasteiger charge is 2.15. The van der Waals surface area contributed by atoms with Crippen LogP contribution >= 0.6 is 0 Å². The summed E-state index contributed by atoms with van der Waals surface area (Å²) in [5, 5.41) is 4.84. The summed E-state index contributed by atoms with van der Waals surface area (Å²) >= 11 is 0. The average Bonchev–Trinajstić information content (AvgIpc) is 2.63. The van der Waals surface area contributed by atoms with Gasteiger partial charge in [-0.25, -0.2) is 0 Å². The van der Waals surface area contributed by atoms with Crippen molar-refractivity contribution in [1.29, 1.82) is 0 Å². The molecule has 0 unspecified atom stereocenters. The molecule has 15 heavy (non-hydrogen) atoms. The zero-order valence-electron chi connectivity index (χ0n) is 9.28. The van der Waals surface area contributed by atoms with Crippen LogP contribution in [0.3, 0.4) is 0 Å². The number of aromatic nitrogens is 1. The van der Waals surface area contributed by atoms with E-state index in [9.17, 15) is 0 Å². The van der Waals surface area contributed by atoms with Crippen LogP contribution in [0.5, 0.6) is 0 Å². The van der Waals surface area contributed by atoms with Crippen LogP contribution in [0.4, 0.5) is 0 Å². The van der Waals surface area contributed by atoms with Gasteiger partial charge in [-0.15, -0.1) is 0 Å². The molecule has 0 atom stereocenters. The van der Waals surface area contributed by atoms with Gasteiger partial charge in [0.1, 0.15) is 0 Å². The zero-order chi connectivity index (χ0) is 10.4. The molecule has 0 amide bonds. The molecular weight excluding hydrogens is 184 g/mol. The number of rotatable bonds is 0. The smallest absolute Gasteiger partial charge is 0.0491 e. The summed E-state index contributed by atoms with van der Waals surface area (Å²) in [5.41, 5.74) is 7.00. The van der Waals surface area contributed by atoms with Gasteiger partial charge in [0.05, 0.1) is 0 Å². The van der Waals surface area contributed by atoms with Gasteiger partial charge in [0.2, 0.25) is 0 Å². The molecule has 2 heteroatoms. The lowest BCUT2D eigenvalue weighted by atomic mass is 10.0. The second-order valence-corrected chi connectivity index (χ2v) is 4.44. The van der Waals surface area contributed by atoms with E-state index < -0.39 is 0 Å². The summed E-state index contributed by atoms with van der Waals surface area (Å²) < 4.78 is 0. The molecule has 1 aliphatic heterocycles. The van der Waals surface area contributed by atoms with Gasteiger partial charge in [-0.1, -0.05) is 12.1 Å². The highest BCUT2D eigenvalue weighted by Crippen LogP contribution is 2.28. The van der Waals surface area contributed by atoms with Crippen molar-refractivity contribution in [2.75, 3.05) is 6.54 Å². The van der Waals surface area contributed by atoms with Crippen LogP contribution < -0.4 is 5.32 Å². The van der Waals surface area contributed by atoms with Crippen molar-refractivity contribution in [3.8, 4) is 0 Å². The van der Waals surface area contributed by atoms with Crippen molar-refractivity contribution >= 4 is 10.9 Å². The largest absolute Gasteiger partial charge is 0.358 e. The molecule has 3 rings (SSSR count). The number of fused-ring (bicyclic) bond motifs is 3. The van der Waals surface area contributed by atoms with Crippen molar-refractivity contribution in [2.24, 2.45) is 0 Å². The van der Waals surface area contributed by atoms with Gasteiger partial charge in [0.15, 0.2) is 0 Å². The first-order chi connectivity index (χ1) is 7.27. The number of aryl methyl sites for hydroxylation is 2. The van der Waals surface area contributed by atoms with Crippen LogP contribution in [0.1, 0.15) is 22.4 Å². The van der Waals surface area contributed by atoms with Crippen molar-refractivity contribution in [1.82, 2.24) is 10.3 Å². The summed E-state index contributed by atoms with van der Waals surface area (Å²) in [5.74, 6) is 0. The summed E-state index contributed by atoms with van der Waals surface area (Å²) in [6, 6.07) is 4.47. The third-order valence-corrected chi connectivity index (χ3v) is 3.55. The molecule has 0 radical (unpaired) electrons.